The Labute approximate surface area is 164 Å². The molecule has 0 atom stereocenters. The number of carbonyl (C=O) groups is 1. The Bertz CT molecular complexity index is 828. The van der Waals surface area contributed by atoms with Gasteiger partial charge in [-0.2, -0.15) is 11.8 Å². The Morgan fingerprint density at radius 3 is 2.41 bits per heavy atom. The number of anilines is 1. The van der Waals surface area contributed by atoms with Crippen molar-refractivity contribution in [1.29, 1.82) is 0 Å². The third-order valence-electron chi connectivity index (χ3n) is 3.70. The molecule has 0 aliphatic rings. The number of nitrogens with zero attached hydrogens (tertiary/aromatic N) is 1. The SMILES string of the molecule is CS(=O)(=O)N(CC(=O)NCCCSCc1ccc(F)cc1)c1ccccc1. The molecule has 0 fully saturated rings. The second-order valence-electron chi connectivity index (χ2n) is 5.99. The minimum atomic E-state index is -3.54. The van der Waals surface area contributed by atoms with Crippen LogP contribution in [0.1, 0.15) is 12.0 Å². The van der Waals surface area contributed by atoms with Gasteiger partial charge in [0.2, 0.25) is 15.9 Å². The maximum Gasteiger partial charge on any atom is 0.240 e. The van der Waals surface area contributed by atoms with Crippen molar-refractivity contribution in [3.8, 4) is 0 Å². The molecule has 0 radical (unpaired) electrons. The number of thioether (sulfide) groups is 1. The van der Waals surface area contributed by atoms with Crippen LogP contribution in [0.5, 0.6) is 0 Å². The van der Waals surface area contributed by atoms with Crippen LogP contribution in [-0.4, -0.2) is 39.4 Å². The molecular weight excluding hydrogens is 387 g/mol. The van der Waals surface area contributed by atoms with Gasteiger partial charge in [-0.15, -0.1) is 0 Å². The Hall–Kier alpha value is -2.06. The van der Waals surface area contributed by atoms with Gasteiger partial charge in [-0.3, -0.25) is 9.10 Å². The quantitative estimate of drug-likeness (QED) is 0.612. The largest absolute Gasteiger partial charge is 0.354 e. The molecule has 0 saturated carbocycles. The average Bonchev–Trinajstić information content (AvgIpc) is 2.64. The van der Waals surface area contributed by atoms with Crippen molar-refractivity contribution in [1.82, 2.24) is 5.32 Å². The van der Waals surface area contributed by atoms with Gasteiger partial charge in [-0.1, -0.05) is 30.3 Å². The van der Waals surface area contributed by atoms with Gasteiger partial charge in [-0.05, 0) is 42.0 Å². The third kappa shape index (κ3) is 7.60. The summed E-state index contributed by atoms with van der Waals surface area (Å²) in [6.45, 7) is 0.229. The highest BCUT2D eigenvalue weighted by Gasteiger charge is 2.20. The van der Waals surface area contributed by atoms with Crippen LogP contribution in [0.25, 0.3) is 0 Å². The first-order valence-electron chi connectivity index (χ1n) is 8.48. The molecule has 0 aliphatic carbocycles. The maximum atomic E-state index is 12.8. The maximum absolute atomic E-state index is 12.8. The topological polar surface area (TPSA) is 66.5 Å². The van der Waals surface area contributed by atoms with Crippen molar-refractivity contribution in [3.05, 3.63) is 66.0 Å². The van der Waals surface area contributed by atoms with Crippen LogP contribution in [0.15, 0.2) is 54.6 Å². The summed E-state index contributed by atoms with van der Waals surface area (Å²) in [5, 5.41) is 2.75. The highest BCUT2D eigenvalue weighted by molar-refractivity contribution is 7.98. The van der Waals surface area contributed by atoms with Crippen molar-refractivity contribution in [2.75, 3.05) is 29.4 Å². The molecule has 0 unspecified atom stereocenters. The predicted octanol–water partition coefficient (Wildman–Crippen LogP) is 3.03. The fourth-order valence-electron chi connectivity index (χ4n) is 2.35. The summed E-state index contributed by atoms with van der Waals surface area (Å²) in [6, 6.07) is 14.9. The fourth-order valence-corrected chi connectivity index (χ4v) is 4.13. The van der Waals surface area contributed by atoms with E-state index in [0.29, 0.717) is 12.2 Å². The summed E-state index contributed by atoms with van der Waals surface area (Å²) < 4.78 is 37.8. The predicted molar refractivity (Wildman–Crippen MR) is 109 cm³/mol. The first-order chi connectivity index (χ1) is 12.9. The Kier molecular flexibility index (Phi) is 8.12. The lowest BCUT2D eigenvalue weighted by molar-refractivity contribution is -0.119. The molecule has 0 aromatic heterocycles. The molecule has 5 nitrogen and oxygen atoms in total. The van der Waals surface area contributed by atoms with Gasteiger partial charge in [0, 0.05) is 12.3 Å². The molecule has 1 amide bonds. The lowest BCUT2D eigenvalue weighted by atomic mass is 10.2. The zero-order valence-electron chi connectivity index (χ0n) is 15.1. The number of hydrogen-bond acceptors (Lipinski definition) is 4. The number of carbonyl (C=O) groups excluding carboxylic acids is 1. The minimum Gasteiger partial charge on any atom is -0.354 e. The molecule has 1 N–H and O–H groups in total. The summed E-state index contributed by atoms with van der Waals surface area (Å²) in [4.78, 5) is 12.1. The average molecular weight is 411 g/mol. The molecule has 2 aromatic rings. The first kappa shape index (κ1) is 21.2. The molecule has 0 bridgehead atoms. The lowest BCUT2D eigenvalue weighted by Crippen LogP contribution is -2.40. The summed E-state index contributed by atoms with van der Waals surface area (Å²) in [5.41, 5.74) is 1.52. The number of rotatable bonds is 10. The van der Waals surface area contributed by atoms with Gasteiger partial charge in [0.15, 0.2) is 0 Å². The summed E-state index contributed by atoms with van der Waals surface area (Å²) >= 11 is 1.70. The Morgan fingerprint density at radius 2 is 1.78 bits per heavy atom. The normalized spacial score (nSPS) is 11.2. The number of hydrogen-bond donors (Lipinski definition) is 1. The van der Waals surface area contributed by atoms with Gasteiger partial charge in [0.1, 0.15) is 12.4 Å². The number of benzene rings is 2. The monoisotopic (exact) mass is 410 g/mol. The molecule has 0 heterocycles. The minimum absolute atomic E-state index is 0.244. The van der Waals surface area contributed by atoms with E-state index in [1.165, 1.54) is 12.1 Å². The van der Waals surface area contributed by atoms with E-state index in [9.17, 15) is 17.6 Å². The van der Waals surface area contributed by atoms with Gasteiger partial charge >= 0.3 is 0 Å². The first-order valence-corrected chi connectivity index (χ1v) is 11.5. The van der Waals surface area contributed by atoms with Crippen molar-refractivity contribution >= 4 is 33.4 Å². The Morgan fingerprint density at radius 1 is 1.11 bits per heavy atom. The van der Waals surface area contributed by atoms with Crippen molar-refractivity contribution < 1.29 is 17.6 Å². The third-order valence-corrected chi connectivity index (χ3v) is 5.96. The van der Waals surface area contributed by atoms with E-state index in [0.717, 1.165) is 34.1 Å². The fraction of sp³-hybridized carbons (Fsp3) is 0.316. The van der Waals surface area contributed by atoms with E-state index in [1.807, 2.05) is 0 Å². The number of nitrogens with one attached hydrogen (secondary N) is 1. The van der Waals surface area contributed by atoms with Crippen molar-refractivity contribution in [3.63, 3.8) is 0 Å². The highest BCUT2D eigenvalue weighted by atomic mass is 32.2. The van der Waals surface area contributed by atoms with Gasteiger partial charge in [-0.25, -0.2) is 12.8 Å². The number of halogens is 1. The van der Waals surface area contributed by atoms with Crippen LogP contribution in [0.3, 0.4) is 0 Å². The van der Waals surface area contributed by atoms with E-state index in [2.05, 4.69) is 5.32 Å². The molecule has 0 spiro atoms. The van der Waals surface area contributed by atoms with Crippen LogP contribution in [0.2, 0.25) is 0 Å². The number of para-hydroxylation sites is 1. The molecule has 8 heteroatoms. The van der Waals surface area contributed by atoms with E-state index in [-0.39, 0.29) is 18.3 Å². The molecule has 2 rings (SSSR count). The molecule has 0 aliphatic heterocycles. The number of sulfonamides is 1. The van der Waals surface area contributed by atoms with E-state index < -0.39 is 10.0 Å². The van der Waals surface area contributed by atoms with Crippen LogP contribution < -0.4 is 9.62 Å². The van der Waals surface area contributed by atoms with Crippen molar-refractivity contribution in [2.45, 2.75) is 12.2 Å². The van der Waals surface area contributed by atoms with Gasteiger partial charge < -0.3 is 5.32 Å². The smallest absolute Gasteiger partial charge is 0.240 e. The number of amides is 1. The van der Waals surface area contributed by atoms with E-state index >= 15 is 0 Å². The molecular formula is C19H23FN2O3S2. The van der Waals surface area contributed by atoms with Crippen LogP contribution in [0, 0.1) is 5.82 Å². The van der Waals surface area contributed by atoms with Crippen molar-refractivity contribution in [2.24, 2.45) is 0 Å². The van der Waals surface area contributed by atoms with Gasteiger partial charge in [0.25, 0.3) is 0 Å². The zero-order valence-corrected chi connectivity index (χ0v) is 16.7. The molecule has 0 saturated heterocycles. The molecule has 146 valence electrons. The summed E-state index contributed by atoms with van der Waals surface area (Å²) in [7, 11) is -3.54. The van der Waals surface area contributed by atoms with Crippen LogP contribution in [0.4, 0.5) is 10.1 Å². The standard InChI is InChI=1S/C19H23FN2O3S2/c1-27(24,25)22(18-6-3-2-4-7-18)14-19(23)21-12-5-13-26-15-16-8-10-17(20)11-9-16/h2-4,6-11H,5,12-15H2,1H3,(H,21,23). The summed E-state index contributed by atoms with van der Waals surface area (Å²) in [5.74, 6) is 1.04. The van der Waals surface area contributed by atoms with Crippen LogP contribution >= 0.6 is 11.8 Å². The lowest BCUT2D eigenvalue weighted by Gasteiger charge is -2.21. The zero-order chi connectivity index (χ0) is 19.7. The second-order valence-corrected chi connectivity index (χ2v) is 9.00. The van der Waals surface area contributed by atoms with Gasteiger partial charge in [0.05, 0.1) is 11.9 Å². The Balaban J connectivity index is 1.71. The van der Waals surface area contributed by atoms with Crippen LogP contribution in [-0.2, 0) is 20.6 Å². The highest BCUT2D eigenvalue weighted by Crippen LogP contribution is 2.16. The molecule has 2 aromatic carbocycles. The second kappa shape index (κ2) is 10.3. The molecule has 27 heavy (non-hydrogen) atoms. The summed E-state index contributed by atoms with van der Waals surface area (Å²) in [6.07, 6.45) is 1.85. The van der Waals surface area contributed by atoms with E-state index in [4.69, 9.17) is 0 Å². The van der Waals surface area contributed by atoms with E-state index in [1.54, 1.807) is 54.2 Å².